The van der Waals surface area contributed by atoms with Crippen LogP contribution in [0.5, 0.6) is 5.75 Å². The number of aryl methyl sites for hydroxylation is 1. The van der Waals surface area contributed by atoms with E-state index in [0.29, 0.717) is 6.54 Å². The van der Waals surface area contributed by atoms with Crippen molar-refractivity contribution >= 4 is 16.7 Å². The number of pyridine rings is 1. The molecule has 0 aliphatic heterocycles. The van der Waals surface area contributed by atoms with E-state index in [4.69, 9.17) is 15.5 Å². The van der Waals surface area contributed by atoms with E-state index in [1.165, 1.54) is 5.56 Å². The van der Waals surface area contributed by atoms with Gasteiger partial charge in [-0.1, -0.05) is 0 Å². The van der Waals surface area contributed by atoms with E-state index in [9.17, 15) is 0 Å². The molecule has 1 heterocycles. The first-order valence-electron chi connectivity index (χ1n) is 6.50. The fourth-order valence-electron chi connectivity index (χ4n) is 2.18. The molecule has 0 spiro atoms. The molecule has 1 aromatic carbocycles. The van der Waals surface area contributed by atoms with Gasteiger partial charge >= 0.3 is 0 Å². The molecule has 0 aliphatic carbocycles. The van der Waals surface area contributed by atoms with Gasteiger partial charge in [0.2, 0.25) is 0 Å². The Labute approximate surface area is 114 Å². The second kappa shape index (κ2) is 5.89. The summed E-state index contributed by atoms with van der Waals surface area (Å²) in [4.78, 5) is 6.78. The van der Waals surface area contributed by atoms with Gasteiger partial charge in [0.1, 0.15) is 11.6 Å². The molecule has 0 saturated carbocycles. The number of anilines is 1. The maximum atomic E-state index is 5.61. The number of nitrogens with zero attached hydrogens (tertiary/aromatic N) is 2. The maximum absolute atomic E-state index is 5.61. The third kappa shape index (κ3) is 2.96. The number of aromatic nitrogens is 1. The summed E-state index contributed by atoms with van der Waals surface area (Å²) in [6.07, 6.45) is 1.92. The van der Waals surface area contributed by atoms with Gasteiger partial charge in [0.05, 0.1) is 12.6 Å². The van der Waals surface area contributed by atoms with Crippen LogP contribution in [0.3, 0.4) is 0 Å². The second-order valence-corrected chi connectivity index (χ2v) is 4.82. The van der Waals surface area contributed by atoms with Gasteiger partial charge in [0.15, 0.2) is 0 Å². The Morgan fingerprint density at radius 2 is 2.05 bits per heavy atom. The molecular weight excluding hydrogens is 238 g/mol. The van der Waals surface area contributed by atoms with E-state index in [1.54, 1.807) is 7.11 Å². The fourth-order valence-corrected chi connectivity index (χ4v) is 2.18. The predicted octanol–water partition coefficient (Wildman–Crippen LogP) is 2.20. The van der Waals surface area contributed by atoms with Gasteiger partial charge in [-0.05, 0) is 49.2 Å². The molecule has 0 amide bonds. The van der Waals surface area contributed by atoms with Crippen molar-refractivity contribution in [3.8, 4) is 5.75 Å². The van der Waals surface area contributed by atoms with E-state index < -0.39 is 0 Å². The van der Waals surface area contributed by atoms with Crippen LogP contribution in [0.1, 0.15) is 12.0 Å². The molecule has 19 heavy (non-hydrogen) atoms. The highest BCUT2D eigenvalue weighted by Gasteiger charge is 2.09. The Bertz CT molecular complexity index is 567. The topological polar surface area (TPSA) is 51.4 Å². The van der Waals surface area contributed by atoms with Crippen molar-refractivity contribution in [3.63, 3.8) is 0 Å². The van der Waals surface area contributed by atoms with Crippen LogP contribution in [0.2, 0.25) is 0 Å². The normalized spacial score (nSPS) is 10.7. The van der Waals surface area contributed by atoms with Crippen LogP contribution in [-0.4, -0.2) is 32.7 Å². The van der Waals surface area contributed by atoms with Crippen molar-refractivity contribution in [2.45, 2.75) is 12.8 Å². The van der Waals surface area contributed by atoms with Gasteiger partial charge in [0, 0.05) is 19.5 Å². The van der Waals surface area contributed by atoms with Gasteiger partial charge < -0.3 is 15.4 Å². The summed E-state index contributed by atoms with van der Waals surface area (Å²) in [7, 11) is 5.71. The smallest absolute Gasteiger partial charge is 0.131 e. The highest BCUT2D eigenvalue weighted by molar-refractivity contribution is 5.83. The van der Waals surface area contributed by atoms with Crippen LogP contribution >= 0.6 is 0 Å². The lowest BCUT2D eigenvalue weighted by atomic mass is 10.1. The van der Waals surface area contributed by atoms with E-state index in [-0.39, 0.29) is 0 Å². The number of fused-ring (bicyclic) bond motifs is 1. The minimum atomic E-state index is 0.697. The zero-order valence-corrected chi connectivity index (χ0v) is 11.8. The number of nitrogens with two attached hydrogens (primary N) is 1. The molecule has 0 saturated heterocycles. The quantitative estimate of drug-likeness (QED) is 0.894. The Balaban J connectivity index is 2.52. The van der Waals surface area contributed by atoms with Gasteiger partial charge in [-0.25, -0.2) is 4.98 Å². The molecule has 2 N–H and O–H groups in total. The van der Waals surface area contributed by atoms with Crippen molar-refractivity contribution in [2.24, 2.45) is 5.73 Å². The van der Waals surface area contributed by atoms with Crippen molar-refractivity contribution in [1.29, 1.82) is 0 Å². The fraction of sp³-hybridized carbons (Fsp3) is 0.400. The first-order chi connectivity index (χ1) is 9.15. The van der Waals surface area contributed by atoms with Crippen molar-refractivity contribution in [1.82, 2.24) is 4.98 Å². The molecule has 0 fully saturated rings. The number of ether oxygens (including phenoxy) is 1. The third-order valence-corrected chi connectivity index (χ3v) is 3.15. The lowest BCUT2D eigenvalue weighted by Crippen LogP contribution is -2.14. The SMILES string of the molecule is COc1ccc2nc(N(C)C)c(CCCN)cc2c1. The zero-order chi connectivity index (χ0) is 13.8. The lowest BCUT2D eigenvalue weighted by Gasteiger charge is -2.17. The molecule has 0 atom stereocenters. The molecule has 0 aliphatic rings. The minimum Gasteiger partial charge on any atom is -0.497 e. The molecule has 4 nitrogen and oxygen atoms in total. The summed E-state index contributed by atoms with van der Waals surface area (Å²) in [6, 6.07) is 8.14. The summed E-state index contributed by atoms with van der Waals surface area (Å²) >= 11 is 0. The van der Waals surface area contributed by atoms with E-state index in [2.05, 4.69) is 11.0 Å². The molecule has 0 bridgehead atoms. The largest absolute Gasteiger partial charge is 0.497 e. The van der Waals surface area contributed by atoms with Crippen molar-refractivity contribution in [3.05, 3.63) is 29.8 Å². The number of hydrogen-bond donors (Lipinski definition) is 1. The Morgan fingerprint density at radius 1 is 1.26 bits per heavy atom. The molecule has 4 heteroatoms. The number of hydrogen-bond acceptors (Lipinski definition) is 4. The van der Waals surface area contributed by atoms with Crippen LogP contribution < -0.4 is 15.4 Å². The Morgan fingerprint density at radius 3 is 2.68 bits per heavy atom. The van der Waals surface area contributed by atoms with Gasteiger partial charge in [-0.2, -0.15) is 0 Å². The molecular formula is C15H21N3O. The van der Waals surface area contributed by atoms with Gasteiger partial charge in [0.25, 0.3) is 0 Å². The average Bonchev–Trinajstić information content (AvgIpc) is 2.43. The monoisotopic (exact) mass is 259 g/mol. The number of benzene rings is 1. The molecule has 2 aromatic rings. The van der Waals surface area contributed by atoms with E-state index >= 15 is 0 Å². The summed E-state index contributed by atoms with van der Waals surface area (Å²) in [6.45, 7) is 0.697. The standard InChI is InChI=1S/C15H21N3O/c1-18(2)15-11(5-4-8-16)9-12-10-13(19-3)6-7-14(12)17-15/h6-7,9-10H,4-5,8,16H2,1-3H3. The Hall–Kier alpha value is -1.81. The predicted molar refractivity (Wildman–Crippen MR) is 80.0 cm³/mol. The van der Waals surface area contributed by atoms with Crippen molar-refractivity contribution < 1.29 is 4.74 Å². The van der Waals surface area contributed by atoms with E-state index in [0.717, 1.165) is 35.3 Å². The van der Waals surface area contributed by atoms with Crippen molar-refractivity contribution in [2.75, 3.05) is 32.6 Å². The highest BCUT2D eigenvalue weighted by atomic mass is 16.5. The molecule has 0 unspecified atom stereocenters. The molecule has 0 radical (unpaired) electrons. The van der Waals surface area contributed by atoms with Crippen LogP contribution in [0.25, 0.3) is 10.9 Å². The summed E-state index contributed by atoms with van der Waals surface area (Å²) < 4.78 is 5.26. The number of rotatable bonds is 5. The van der Waals surface area contributed by atoms with Gasteiger partial charge in [-0.3, -0.25) is 0 Å². The third-order valence-electron chi connectivity index (χ3n) is 3.15. The van der Waals surface area contributed by atoms with Crippen LogP contribution in [0, 0.1) is 0 Å². The first-order valence-corrected chi connectivity index (χ1v) is 6.50. The minimum absolute atomic E-state index is 0.697. The first kappa shape index (κ1) is 13.6. The molecule has 2 rings (SSSR count). The zero-order valence-electron chi connectivity index (χ0n) is 11.8. The van der Waals surface area contributed by atoms with Crippen LogP contribution in [-0.2, 0) is 6.42 Å². The molecule has 1 aromatic heterocycles. The maximum Gasteiger partial charge on any atom is 0.131 e. The highest BCUT2D eigenvalue weighted by Crippen LogP contribution is 2.26. The van der Waals surface area contributed by atoms with E-state index in [1.807, 2.05) is 32.3 Å². The lowest BCUT2D eigenvalue weighted by molar-refractivity contribution is 0.415. The second-order valence-electron chi connectivity index (χ2n) is 4.82. The average molecular weight is 259 g/mol. The number of methoxy groups -OCH3 is 1. The summed E-state index contributed by atoms with van der Waals surface area (Å²) in [5, 5.41) is 1.11. The van der Waals surface area contributed by atoms with Crippen LogP contribution in [0.4, 0.5) is 5.82 Å². The molecule has 102 valence electrons. The van der Waals surface area contributed by atoms with Gasteiger partial charge in [-0.15, -0.1) is 0 Å². The summed E-state index contributed by atoms with van der Waals surface area (Å²) in [5.41, 5.74) is 7.83. The van der Waals surface area contributed by atoms with Crippen LogP contribution in [0.15, 0.2) is 24.3 Å². The summed E-state index contributed by atoms with van der Waals surface area (Å²) in [5.74, 6) is 1.88. The Kier molecular flexibility index (Phi) is 4.22.